The number of urea groups is 1. The van der Waals surface area contributed by atoms with Crippen LogP contribution in [0.4, 0.5) is 21.1 Å². The van der Waals surface area contributed by atoms with Gasteiger partial charge >= 0.3 is 12.1 Å². The number of amides is 4. The average molecular weight is 471 g/mol. The van der Waals surface area contributed by atoms with Crippen LogP contribution in [-0.2, 0) is 16.6 Å². The lowest BCUT2D eigenvalue weighted by Gasteiger charge is -2.42. The minimum atomic E-state index is -0.517. The summed E-state index contributed by atoms with van der Waals surface area (Å²) in [6.07, 6.45) is 0.810. The Labute approximate surface area is 199 Å². The molecule has 2 saturated heterocycles. The molecule has 184 valence electrons. The minimum Gasteiger partial charge on any atom is -0.444 e. The van der Waals surface area contributed by atoms with Gasteiger partial charge in [-0.3, -0.25) is 19.7 Å². The van der Waals surface area contributed by atoms with E-state index in [1.54, 1.807) is 9.58 Å². The molecule has 2 atom stereocenters. The van der Waals surface area contributed by atoms with Crippen molar-refractivity contribution < 1.29 is 19.1 Å². The van der Waals surface area contributed by atoms with E-state index in [0.29, 0.717) is 12.4 Å². The van der Waals surface area contributed by atoms with E-state index in [0.717, 1.165) is 36.1 Å². The van der Waals surface area contributed by atoms with Gasteiger partial charge in [0, 0.05) is 57.3 Å². The molecule has 4 amide bonds. The lowest BCUT2D eigenvalue weighted by molar-refractivity contribution is -0.120. The molecular weight excluding hydrogens is 436 g/mol. The number of benzene rings is 1. The predicted molar refractivity (Wildman–Crippen MR) is 130 cm³/mol. The number of nitrogens with zero attached hydrogens (tertiary/aromatic N) is 5. The summed E-state index contributed by atoms with van der Waals surface area (Å²) in [6, 6.07) is 5.79. The van der Waals surface area contributed by atoms with E-state index >= 15 is 0 Å². The number of carbonyl (C=O) groups is 3. The maximum absolute atomic E-state index is 12.5. The minimum absolute atomic E-state index is 0.110. The average Bonchev–Trinajstić information content (AvgIpc) is 3.07. The number of imide groups is 1. The van der Waals surface area contributed by atoms with Gasteiger partial charge < -0.3 is 14.5 Å². The molecule has 10 nitrogen and oxygen atoms in total. The first-order valence-electron chi connectivity index (χ1n) is 11.7. The van der Waals surface area contributed by atoms with Crippen molar-refractivity contribution in [2.45, 2.75) is 52.2 Å². The number of hydrogen-bond donors (Lipinski definition) is 1. The highest BCUT2D eigenvalue weighted by Gasteiger charge is 2.34. The monoisotopic (exact) mass is 470 g/mol. The summed E-state index contributed by atoms with van der Waals surface area (Å²) in [5.41, 5.74) is 1.47. The molecule has 0 saturated carbocycles. The van der Waals surface area contributed by atoms with Crippen LogP contribution in [0, 0.1) is 5.92 Å². The molecule has 0 bridgehead atoms. The molecule has 2 aromatic rings. The zero-order chi connectivity index (χ0) is 24.8. The fourth-order valence-corrected chi connectivity index (χ4v) is 4.80. The number of piperidine rings is 1. The van der Waals surface area contributed by atoms with Crippen molar-refractivity contribution in [1.82, 2.24) is 20.0 Å². The van der Waals surface area contributed by atoms with Gasteiger partial charge in [-0.1, -0.05) is 6.92 Å². The van der Waals surface area contributed by atoms with Gasteiger partial charge in [0.05, 0.1) is 5.52 Å². The summed E-state index contributed by atoms with van der Waals surface area (Å²) < 4.78 is 7.32. The Morgan fingerprint density at radius 1 is 1.24 bits per heavy atom. The topological polar surface area (TPSA) is 100 Å². The van der Waals surface area contributed by atoms with Gasteiger partial charge in [-0.05, 0) is 51.3 Å². The van der Waals surface area contributed by atoms with Gasteiger partial charge in [0.25, 0.3) is 0 Å². The van der Waals surface area contributed by atoms with Crippen LogP contribution in [0.5, 0.6) is 0 Å². The van der Waals surface area contributed by atoms with Crippen LogP contribution in [0.3, 0.4) is 0 Å². The highest BCUT2D eigenvalue weighted by Crippen LogP contribution is 2.33. The molecule has 1 aromatic carbocycles. The summed E-state index contributed by atoms with van der Waals surface area (Å²) >= 11 is 0. The Morgan fingerprint density at radius 3 is 2.62 bits per heavy atom. The fourth-order valence-electron chi connectivity index (χ4n) is 4.80. The van der Waals surface area contributed by atoms with Crippen molar-refractivity contribution in [1.29, 1.82) is 0 Å². The van der Waals surface area contributed by atoms with Crippen LogP contribution in [0.1, 0.15) is 40.5 Å². The normalized spacial score (nSPS) is 21.6. The number of rotatable bonds is 3. The van der Waals surface area contributed by atoms with E-state index in [4.69, 9.17) is 4.74 Å². The van der Waals surface area contributed by atoms with Crippen molar-refractivity contribution in [3.05, 3.63) is 18.2 Å². The molecule has 2 aliphatic heterocycles. The summed E-state index contributed by atoms with van der Waals surface area (Å²) in [6.45, 7) is 9.73. The van der Waals surface area contributed by atoms with Gasteiger partial charge in [-0.25, -0.2) is 9.59 Å². The van der Waals surface area contributed by atoms with Gasteiger partial charge in [-0.15, -0.1) is 0 Å². The standard InChI is InChI=1S/C24H34N6O4/c1-15-14-29(11-9-18(15)27(5)23(33)34-24(2,3)4)16-7-8-17-19(13-16)28(6)26-21(17)30-12-10-20(31)25-22(30)32/h7-8,13,15,18H,9-12,14H2,1-6H3,(H,25,31,32)/t15-,18+/m1/s1. The van der Waals surface area contributed by atoms with Crippen molar-refractivity contribution in [2.75, 3.05) is 36.5 Å². The van der Waals surface area contributed by atoms with E-state index in [1.807, 2.05) is 47.0 Å². The summed E-state index contributed by atoms with van der Waals surface area (Å²) in [7, 11) is 3.67. The van der Waals surface area contributed by atoms with E-state index in [-0.39, 0.29) is 30.4 Å². The molecular formula is C24H34N6O4. The van der Waals surface area contributed by atoms with Gasteiger partial charge in [0.2, 0.25) is 5.91 Å². The van der Waals surface area contributed by atoms with E-state index < -0.39 is 11.6 Å². The van der Waals surface area contributed by atoms with Gasteiger partial charge in [0.1, 0.15) is 5.60 Å². The predicted octanol–water partition coefficient (Wildman–Crippen LogP) is 3.10. The van der Waals surface area contributed by atoms with Crippen molar-refractivity contribution in [3.63, 3.8) is 0 Å². The molecule has 0 unspecified atom stereocenters. The molecule has 2 aliphatic rings. The third kappa shape index (κ3) is 4.67. The molecule has 1 aromatic heterocycles. The van der Waals surface area contributed by atoms with E-state index in [1.165, 1.54) is 4.90 Å². The van der Waals surface area contributed by atoms with Crippen LogP contribution in [0.25, 0.3) is 10.9 Å². The molecule has 0 radical (unpaired) electrons. The highest BCUT2D eigenvalue weighted by atomic mass is 16.6. The molecule has 10 heteroatoms. The van der Waals surface area contributed by atoms with Crippen LogP contribution >= 0.6 is 0 Å². The molecule has 4 rings (SSSR count). The van der Waals surface area contributed by atoms with Crippen LogP contribution in [-0.4, -0.2) is 71.0 Å². The Kier molecular flexibility index (Phi) is 6.18. The number of anilines is 2. The Morgan fingerprint density at radius 2 is 1.97 bits per heavy atom. The van der Waals surface area contributed by atoms with Crippen molar-refractivity contribution >= 4 is 40.4 Å². The first kappa shape index (κ1) is 23.8. The largest absolute Gasteiger partial charge is 0.444 e. The second-order valence-corrected chi connectivity index (χ2v) is 10.3. The lowest BCUT2D eigenvalue weighted by Crippen LogP contribution is -2.51. The number of carbonyl (C=O) groups excluding carboxylic acids is 3. The van der Waals surface area contributed by atoms with Crippen molar-refractivity contribution in [2.24, 2.45) is 13.0 Å². The second-order valence-electron chi connectivity index (χ2n) is 10.3. The van der Waals surface area contributed by atoms with Crippen LogP contribution in [0.15, 0.2) is 18.2 Å². The quantitative estimate of drug-likeness (QED) is 0.740. The SMILES string of the molecule is C[C@@H]1CN(c2ccc3c(N4CCC(=O)NC4=O)nn(C)c3c2)CC[C@@H]1N(C)C(=O)OC(C)(C)C. The number of aromatic nitrogens is 2. The smallest absolute Gasteiger partial charge is 0.410 e. The number of ether oxygens (including phenoxy) is 1. The highest BCUT2D eigenvalue weighted by molar-refractivity contribution is 6.09. The first-order valence-corrected chi connectivity index (χ1v) is 11.7. The molecule has 2 fully saturated rings. The molecule has 3 heterocycles. The lowest BCUT2D eigenvalue weighted by atomic mass is 9.92. The van der Waals surface area contributed by atoms with Crippen LogP contribution in [0.2, 0.25) is 0 Å². The summed E-state index contributed by atoms with van der Waals surface area (Å²) in [5, 5.41) is 7.79. The second kappa shape index (κ2) is 8.81. The maximum atomic E-state index is 12.5. The molecule has 0 spiro atoms. The molecule has 0 aliphatic carbocycles. The third-order valence-electron chi connectivity index (χ3n) is 6.53. The zero-order valence-electron chi connectivity index (χ0n) is 20.8. The molecule has 1 N–H and O–H groups in total. The Balaban J connectivity index is 1.50. The fraction of sp³-hybridized carbons (Fsp3) is 0.583. The Bertz CT molecular complexity index is 1120. The van der Waals surface area contributed by atoms with E-state index in [9.17, 15) is 14.4 Å². The van der Waals surface area contributed by atoms with Gasteiger partial charge in [0.15, 0.2) is 5.82 Å². The van der Waals surface area contributed by atoms with Crippen molar-refractivity contribution in [3.8, 4) is 0 Å². The number of aryl methyl sites for hydroxylation is 1. The summed E-state index contributed by atoms with van der Waals surface area (Å²) in [4.78, 5) is 41.9. The number of fused-ring (bicyclic) bond motifs is 1. The maximum Gasteiger partial charge on any atom is 0.410 e. The van der Waals surface area contributed by atoms with Crippen LogP contribution < -0.4 is 15.1 Å². The number of hydrogen-bond acceptors (Lipinski definition) is 6. The third-order valence-corrected chi connectivity index (χ3v) is 6.53. The van der Waals surface area contributed by atoms with E-state index in [2.05, 4.69) is 28.3 Å². The van der Waals surface area contributed by atoms with Gasteiger partial charge in [-0.2, -0.15) is 5.10 Å². The summed E-state index contributed by atoms with van der Waals surface area (Å²) in [5.74, 6) is 0.553. The Hall–Kier alpha value is -3.30. The number of nitrogens with one attached hydrogen (secondary N) is 1. The zero-order valence-corrected chi connectivity index (χ0v) is 20.8. The first-order chi connectivity index (χ1) is 15.9. The molecule has 34 heavy (non-hydrogen) atoms.